The number of sulfonamides is 1. The van der Waals surface area contributed by atoms with E-state index in [0.29, 0.717) is 17.4 Å². The van der Waals surface area contributed by atoms with Gasteiger partial charge in [0.05, 0.1) is 25.4 Å². The molecule has 2 aromatic carbocycles. The van der Waals surface area contributed by atoms with Crippen molar-refractivity contribution in [3.63, 3.8) is 0 Å². The highest BCUT2D eigenvalue weighted by atomic mass is 35.5. The minimum Gasteiger partial charge on any atom is -0.496 e. The van der Waals surface area contributed by atoms with Crippen LogP contribution >= 0.6 is 11.6 Å². The van der Waals surface area contributed by atoms with Crippen LogP contribution in [-0.4, -0.2) is 36.5 Å². The SMILES string of the molecule is COc1ccccc1C1CC(c2ccc(Cl)cc2)Nc2nc(NS(C)(=O)=O)nn21. The van der Waals surface area contributed by atoms with Crippen LogP contribution in [0.1, 0.15) is 29.6 Å². The minimum absolute atomic E-state index is 0.0201. The lowest BCUT2D eigenvalue weighted by Crippen LogP contribution is -2.28. The smallest absolute Gasteiger partial charge is 0.257 e. The maximum atomic E-state index is 11.6. The maximum Gasteiger partial charge on any atom is 0.257 e. The van der Waals surface area contributed by atoms with Crippen LogP contribution in [0.4, 0.5) is 11.9 Å². The van der Waals surface area contributed by atoms with Gasteiger partial charge in [-0.15, -0.1) is 5.10 Å². The standard InChI is InChI=1S/C19H20ClN5O3S/c1-28-17-6-4-3-5-14(17)16-11-15(12-7-9-13(20)10-8-12)21-19-22-18(23-25(16)19)24-29(2,26)27/h3-10,15-16H,11H2,1-2H3,(H2,21,22,23,24). The third-order valence-corrected chi connectivity index (χ3v) is 5.54. The van der Waals surface area contributed by atoms with E-state index >= 15 is 0 Å². The maximum absolute atomic E-state index is 11.6. The van der Waals surface area contributed by atoms with Crippen LogP contribution < -0.4 is 14.8 Å². The molecule has 0 spiro atoms. The number of benzene rings is 2. The van der Waals surface area contributed by atoms with Gasteiger partial charge in [0.25, 0.3) is 5.95 Å². The van der Waals surface area contributed by atoms with Crippen molar-refractivity contribution >= 4 is 33.5 Å². The Labute approximate surface area is 173 Å². The highest BCUT2D eigenvalue weighted by Gasteiger charge is 2.33. The fourth-order valence-corrected chi connectivity index (χ4v) is 4.04. The van der Waals surface area contributed by atoms with E-state index in [1.54, 1.807) is 11.8 Å². The summed E-state index contributed by atoms with van der Waals surface area (Å²) in [6.45, 7) is 0. The molecule has 2 atom stereocenters. The Morgan fingerprint density at radius 3 is 2.62 bits per heavy atom. The number of methoxy groups -OCH3 is 1. The van der Waals surface area contributed by atoms with Crippen molar-refractivity contribution in [3.05, 3.63) is 64.7 Å². The number of hydrogen-bond acceptors (Lipinski definition) is 6. The van der Waals surface area contributed by atoms with Crippen molar-refractivity contribution in [1.29, 1.82) is 0 Å². The summed E-state index contributed by atoms with van der Waals surface area (Å²) >= 11 is 6.03. The van der Waals surface area contributed by atoms with Crippen LogP contribution in [0.2, 0.25) is 5.02 Å². The second-order valence-electron chi connectivity index (χ2n) is 6.82. The Morgan fingerprint density at radius 1 is 1.21 bits per heavy atom. The normalized spacial score (nSPS) is 18.6. The van der Waals surface area contributed by atoms with Gasteiger partial charge in [0.1, 0.15) is 5.75 Å². The predicted octanol–water partition coefficient (Wildman–Crippen LogP) is 3.46. The summed E-state index contributed by atoms with van der Waals surface area (Å²) < 4.78 is 32.8. The first-order valence-corrected chi connectivity index (χ1v) is 11.2. The quantitative estimate of drug-likeness (QED) is 0.639. The highest BCUT2D eigenvalue weighted by Crippen LogP contribution is 2.41. The summed E-state index contributed by atoms with van der Waals surface area (Å²) in [6, 6.07) is 15.0. The predicted molar refractivity (Wildman–Crippen MR) is 112 cm³/mol. The molecule has 8 nitrogen and oxygen atoms in total. The average Bonchev–Trinajstić information content (AvgIpc) is 3.08. The summed E-state index contributed by atoms with van der Waals surface area (Å²) in [5, 5.41) is 8.40. The van der Waals surface area contributed by atoms with Gasteiger partial charge in [-0.3, -0.25) is 4.72 Å². The zero-order valence-electron chi connectivity index (χ0n) is 15.8. The number of fused-ring (bicyclic) bond motifs is 1. The van der Waals surface area contributed by atoms with Crippen molar-refractivity contribution in [2.24, 2.45) is 0 Å². The molecule has 2 unspecified atom stereocenters. The molecule has 29 heavy (non-hydrogen) atoms. The first kappa shape index (κ1) is 19.5. The Morgan fingerprint density at radius 2 is 1.93 bits per heavy atom. The number of hydrogen-bond donors (Lipinski definition) is 2. The van der Waals surface area contributed by atoms with Gasteiger partial charge in [0.2, 0.25) is 16.0 Å². The molecular formula is C19H20ClN5O3S. The molecule has 0 saturated carbocycles. The molecule has 0 fully saturated rings. The monoisotopic (exact) mass is 433 g/mol. The summed E-state index contributed by atoms with van der Waals surface area (Å²) in [4.78, 5) is 4.34. The van der Waals surface area contributed by atoms with Gasteiger partial charge < -0.3 is 10.1 Å². The number of ether oxygens (including phenoxy) is 1. The summed E-state index contributed by atoms with van der Waals surface area (Å²) in [5.74, 6) is 1.22. The fraction of sp³-hybridized carbons (Fsp3) is 0.263. The third-order valence-electron chi connectivity index (χ3n) is 4.74. The molecule has 0 bridgehead atoms. The van der Waals surface area contributed by atoms with Crippen LogP contribution in [0, 0.1) is 0 Å². The van der Waals surface area contributed by atoms with Crippen LogP contribution in [-0.2, 0) is 10.0 Å². The van der Waals surface area contributed by atoms with E-state index in [1.807, 2.05) is 48.5 Å². The van der Waals surface area contributed by atoms with Crippen molar-refractivity contribution in [3.8, 4) is 5.75 Å². The summed E-state index contributed by atoms with van der Waals surface area (Å²) in [5.41, 5.74) is 1.98. The number of aromatic nitrogens is 3. The van der Waals surface area contributed by atoms with E-state index < -0.39 is 10.0 Å². The molecule has 0 saturated heterocycles. The molecule has 1 aliphatic rings. The molecule has 2 N–H and O–H groups in total. The van der Waals surface area contributed by atoms with E-state index in [1.165, 1.54) is 0 Å². The average molecular weight is 434 g/mol. The molecule has 1 aromatic heterocycles. The second-order valence-corrected chi connectivity index (χ2v) is 9.00. The lowest BCUT2D eigenvalue weighted by Gasteiger charge is -2.32. The topological polar surface area (TPSA) is 98.1 Å². The Hall–Kier alpha value is -2.78. The first-order chi connectivity index (χ1) is 13.8. The fourth-order valence-electron chi connectivity index (χ4n) is 3.50. The van der Waals surface area contributed by atoms with E-state index in [-0.39, 0.29) is 18.0 Å². The number of nitrogens with one attached hydrogen (secondary N) is 2. The molecule has 152 valence electrons. The molecule has 0 amide bonds. The van der Waals surface area contributed by atoms with Crippen molar-refractivity contribution < 1.29 is 13.2 Å². The summed E-state index contributed by atoms with van der Waals surface area (Å²) in [6.07, 6.45) is 1.73. The van der Waals surface area contributed by atoms with Crippen molar-refractivity contribution in [2.75, 3.05) is 23.4 Å². The third kappa shape index (κ3) is 4.15. The van der Waals surface area contributed by atoms with E-state index in [0.717, 1.165) is 23.1 Å². The second kappa shape index (κ2) is 7.57. The van der Waals surface area contributed by atoms with Gasteiger partial charge in [-0.05, 0) is 30.2 Å². The molecule has 10 heteroatoms. The highest BCUT2D eigenvalue weighted by molar-refractivity contribution is 7.91. The number of halogens is 1. The van der Waals surface area contributed by atoms with E-state index in [2.05, 4.69) is 20.1 Å². The van der Waals surface area contributed by atoms with Gasteiger partial charge in [-0.1, -0.05) is 41.9 Å². The Balaban J connectivity index is 1.79. The largest absolute Gasteiger partial charge is 0.496 e. The number of anilines is 2. The van der Waals surface area contributed by atoms with Crippen molar-refractivity contribution in [2.45, 2.75) is 18.5 Å². The number of para-hydroxylation sites is 1. The molecule has 0 radical (unpaired) electrons. The molecule has 0 aliphatic carbocycles. The van der Waals surface area contributed by atoms with Crippen LogP contribution in [0.15, 0.2) is 48.5 Å². The lowest BCUT2D eigenvalue weighted by atomic mass is 9.93. The molecular weight excluding hydrogens is 414 g/mol. The molecule has 4 rings (SSSR count). The molecule has 1 aliphatic heterocycles. The number of rotatable bonds is 5. The van der Waals surface area contributed by atoms with Gasteiger partial charge in [-0.25, -0.2) is 13.1 Å². The zero-order valence-corrected chi connectivity index (χ0v) is 17.4. The van der Waals surface area contributed by atoms with Crippen LogP contribution in [0.3, 0.4) is 0 Å². The number of nitrogens with zero attached hydrogens (tertiary/aromatic N) is 3. The summed E-state index contributed by atoms with van der Waals surface area (Å²) in [7, 11) is -1.88. The Kier molecular flexibility index (Phi) is 5.10. The van der Waals surface area contributed by atoms with Gasteiger partial charge in [-0.2, -0.15) is 4.98 Å². The van der Waals surface area contributed by atoms with Crippen molar-refractivity contribution in [1.82, 2.24) is 14.8 Å². The first-order valence-electron chi connectivity index (χ1n) is 8.93. The molecule has 3 aromatic rings. The van der Waals surface area contributed by atoms with Gasteiger partial charge in [0.15, 0.2) is 0 Å². The zero-order chi connectivity index (χ0) is 20.6. The van der Waals surface area contributed by atoms with Gasteiger partial charge in [0, 0.05) is 10.6 Å². The van der Waals surface area contributed by atoms with Crippen LogP contribution in [0.25, 0.3) is 0 Å². The van der Waals surface area contributed by atoms with Gasteiger partial charge >= 0.3 is 0 Å². The lowest BCUT2D eigenvalue weighted by molar-refractivity contribution is 0.380. The van der Waals surface area contributed by atoms with Crippen LogP contribution in [0.5, 0.6) is 5.75 Å². The Bertz CT molecular complexity index is 1130. The van der Waals surface area contributed by atoms with E-state index in [9.17, 15) is 8.42 Å². The molecule has 2 heterocycles. The minimum atomic E-state index is -3.50. The van der Waals surface area contributed by atoms with E-state index in [4.69, 9.17) is 16.3 Å².